The number of morpholine rings is 1. The summed E-state index contributed by atoms with van der Waals surface area (Å²) in [6.45, 7) is 11.1. The zero-order chi connectivity index (χ0) is 20.1. The van der Waals surface area contributed by atoms with Crippen molar-refractivity contribution in [3.8, 4) is 0 Å². The van der Waals surface area contributed by atoms with Crippen LogP contribution in [0.5, 0.6) is 0 Å². The van der Waals surface area contributed by atoms with Gasteiger partial charge in [-0.3, -0.25) is 4.90 Å². The van der Waals surface area contributed by atoms with Gasteiger partial charge in [0.05, 0.1) is 18.1 Å². The van der Waals surface area contributed by atoms with E-state index in [1.165, 1.54) is 0 Å². The summed E-state index contributed by atoms with van der Waals surface area (Å²) in [5.74, 6) is 0. The van der Waals surface area contributed by atoms with Gasteiger partial charge in [0.1, 0.15) is 0 Å². The Morgan fingerprint density at radius 3 is 2.46 bits per heavy atom. The van der Waals surface area contributed by atoms with Crippen molar-refractivity contribution in [2.75, 3.05) is 65.6 Å². The number of thiocarbonyl (C=S) groups is 1. The molecule has 0 radical (unpaired) electrons. The lowest BCUT2D eigenvalue weighted by Gasteiger charge is -2.36. The second kappa shape index (κ2) is 9.49. The van der Waals surface area contributed by atoms with Crippen molar-refractivity contribution in [1.82, 2.24) is 19.4 Å². The van der Waals surface area contributed by atoms with Gasteiger partial charge in [-0.25, -0.2) is 8.42 Å². The lowest BCUT2D eigenvalue weighted by atomic mass is 10.2. The summed E-state index contributed by atoms with van der Waals surface area (Å²) in [4.78, 5) is 4.82. The monoisotopic (exact) mass is 426 g/mol. The highest BCUT2D eigenvalue weighted by atomic mass is 32.2. The fourth-order valence-corrected chi connectivity index (χ4v) is 5.53. The Kier molecular flexibility index (Phi) is 7.27. The van der Waals surface area contributed by atoms with Crippen LogP contribution in [0, 0.1) is 13.8 Å². The van der Waals surface area contributed by atoms with Crippen LogP contribution in [0.3, 0.4) is 0 Å². The average Bonchev–Trinajstić information content (AvgIpc) is 2.70. The van der Waals surface area contributed by atoms with Crippen LogP contribution < -0.4 is 5.32 Å². The topological polar surface area (TPSA) is 65.1 Å². The quantitative estimate of drug-likeness (QED) is 0.699. The molecule has 2 fully saturated rings. The predicted octanol–water partition coefficient (Wildman–Crippen LogP) is 0.816. The Morgan fingerprint density at radius 2 is 1.79 bits per heavy atom. The van der Waals surface area contributed by atoms with E-state index in [-0.39, 0.29) is 0 Å². The first kappa shape index (κ1) is 21.4. The van der Waals surface area contributed by atoms with Crippen molar-refractivity contribution in [3.63, 3.8) is 0 Å². The van der Waals surface area contributed by atoms with E-state index in [2.05, 4.69) is 15.1 Å². The molecule has 2 heterocycles. The zero-order valence-corrected chi connectivity index (χ0v) is 18.3. The van der Waals surface area contributed by atoms with Gasteiger partial charge in [0.15, 0.2) is 5.11 Å². The first-order valence-electron chi connectivity index (χ1n) is 9.78. The van der Waals surface area contributed by atoms with Crippen molar-refractivity contribution in [2.24, 2.45) is 0 Å². The summed E-state index contributed by atoms with van der Waals surface area (Å²) in [7, 11) is -3.47. The van der Waals surface area contributed by atoms with E-state index < -0.39 is 10.0 Å². The minimum Gasteiger partial charge on any atom is -0.379 e. The minimum atomic E-state index is -3.47. The Balaban J connectivity index is 1.49. The van der Waals surface area contributed by atoms with Crippen LogP contribution in [0.1, 0.15) is 11.1 Å². The lowest BCUT2D eigenvalue weighted by molar-refractivity contribution is 0.0388. The van der Waals surface area contributed by atoms with Gasteiger partial charge >= 0.3 is 0 Å². The number of ether oxygens (including phenoxy) is 1. The minimum absolute atomic E-state index is 0.409. The zero-order valence-electron chi connectivity index (χ0n) is 16.7. The number of hydrogen-bond acceptors (Lipinski definition) is 5. The maximum Gasteiger partial charge on any atom is 0.243 e. The van der Waals surface area contributed by atoms with Gasteiger partial charge < -0.3 is 15.0 Å². The van der Waals surface area contributed by atoms with E-state index in [1.807, 2.05) is 26.0 Å². The Bertz CT molecular complexity index is 786. The fourth-order valence-electron chi connectivity index (χ4n) is 3.51. The van der Waals surface area contributed by atoms with E-state index in [9.17, 15) is 8.42 Å². The highest BCUT2D eigenvalue weighted by molar-refractivity contribution is 7.89. The largest absolute Gasteiger partial charge is 0.379 e. The first-order valence-corrected chi connectivity index (χ1v) is 11.6. The fraction of sp³-hybridized carbons (Fsp3) is 0.632. The molecule has 0 unspecified atom stereocenters. The van der Waals surface area contributed by atoms with Gasteiger partial charge in [-0.1, -0.05) is 12.1 Å². The van der Waals surface area contributed by atoms with Crippen LogP contribution in [-0.2, 0) is 14.8 Å². The Morgan fingerprint density at radius 1 is 1.11 bits per heavy atom. The molecule has 1 N–H and O–H groups in total. The Hall–Kier alpha value is -1.26. The third kappa shape index (κ3) is 5.21. The van der Waals surface area contributed by atoms with Crippen molar-refractivity contribution in [1.29, 1.82) is 0 Å². The van der Waals surface area contributed by atoms with Crippen LogP contribution in [0.25, 0.3) is 0 Å². The molecule has 0 aliphatic carbocycles. The van der Waals surface area contributed by atoms with E-state index in [0.717, 1.165) is 50.5 Å². The summed E-state index contributed by atoms with van der Waals surface area (Å²) >= 11 is 5.51. The molecule has 28 heavy (non-hydrogen) atoms. The summed E-state index contributed by atoms with van der Waals surface area (Å²) in [5, 5.41) is 4.01. The number of aryl methyl sites for hydroxylation is 2. The summed E-state index contributed by atoms with van der Waals surface area (Å²) in [6, 6.07) is 5.56. The van der Waals surface area contributed by atoms with Gasteiger partial charge in [-0.05, 0) is 43.3 Å². The highest BCUT2D eigenvalue weighted by Crippen LogP contribution is 2.22. The molecule has 0 bridgehead atoms. The van der Waals surface area contributed by atoms with E-state index in [0.29, 0.717) is 36.2 Å². The number of nitrogens with one attached hydrogen (secondary N) is 1. The van der Waals surface area contributed by atoms with Gasteiger partial charge in [-0.15, -0.1) is 0 Å². The summed E-state index contributed by atoms with van der Waals surface area (Å²) < 4.78 is 33.0. The van der Waals surface area contributed by atoms with Gasteiger partial charge in [0.2, 0.25) is 10.0 Å². The molecule has 3 rings (SSSR count). The molecule has 9 heteroatoms. The van der Waals surface area contributed by atoms with Crippen LogP contribution in [-0.4, -0.2) is 93.2 Å². The number of sulfonamides is 1. The maximum atomic E-state index is 13.0. The second-order valence-corrected chi connectivity index (χ2v) is 9.64. The van der Waals surface area contributed by atoms with Gasteiger partial charge in [0, 0.05) is 52.4 Å². The molecule has 2 saturated heterocycles. The van der Waals surface area contributed by atoms with E-state index in [4.69, 9.17) is 17.0 Å². The number of hydrogen-bond donors (Lipinski definition) is 1. The van der Waals surface area contributed by atoms with Crippen molar-refractivity contribution < 1.29 is 13.2 Å². The molecule has 2 aliphatic rings. The van der Waals surface area contributed by atoms with E-state index in [1.54, 1.807) is 10.4 Å². The summed E-state index contributed by atoms with van der Waals surface area (Å²) in [6.07, 6.45) is 0. The van der Waals surface area contributed by atoms with Crippen molar-refractivity contribution >= 4 is 27.4 Å². The molecule has 0 saturated carbocycles. The molecular formula is C19H30N4O3S2. The third-order valence-electron chi connectivity index (χ3n) is 5.30. The molecular weight excluding hydrogens is 396 g/mol. The van der Waals surface area contributed by atoms with Crippen LogP contribution >= 0.6 is 12.2 Å². The van der Waals surface area contributed by atoms with Gasteiger partial charge in [0.25, 0.3) is 0 Å². The molecule has 0 aromatic heterocycles. The third-order valence-corrected chi connectivity index (χ3v) is 7.74. The van der Waals surface area contributed by atoms with Crippen molar-refractivity contribution in [2.45, 2.75) is 18.7 Å². The van der Waals surface area contributed by atoms with Crippen LogP contribution in [0.2, 0.25) is 0 Å². The molecule has 2 aliphatic heterocycles. The standard InChI is InChI=1S/C19H30N4O3S2/c1-16-3-4-17(2)18(15-16)28(24,25)23-9-7-22(8-10-23)19(27)20-5-6-21-11-13-26-14-12-21/h3-4,15H,5-14H2,1-2H3,(H,20,27). The van der Waals surface area contributed by atoms with Crippen LogP contribution in [0.4, 0.5) is 0 Å². The number of benzene rings is 1. The average molecular weight is 427 g/mol. The molecule has 1 aromatic carbocycles. The molecule has 1 aromatic rings. The smallest absolute Gasteiger partial charge is 0.243 e. The van der Waals surface area contributed by atoms with Crippen LogP contribution in [0.15, 0.2) is 23.1 Å². The maximum absolute atomic E-state index is 13.0. The second-order valence-electron chi connectivity index (χ2n) is 7.35. The normalized spacial score (nSPS) is 19.6. The predicted molar refractivity (Wildman–Crippen MR) is 114 cm³/mol. The Labute approximate surface area is 173 Å². The lowest BCUT2D eigenvalue weighted by Crippen LogP contribution is -2.53. The molecule has 156 valence electrons. The van der Waals surface area contributed by atoms with Gasteiger partial charge in [-0.2, -0.15) is 4.31 Å². The molecule has 0 amide bonds. The van der Waals surface area contributed by atoms with E-state index >= 15 is 0 Å². The molecule has 0 atom stereocenters. The number of rotatable bonds is 5. The summed E-state index contributed by atoms with van der Waals surface area (Å²) in [5.41, 5.74) is 1.74. The van der Waals surface area contributed by atoms with Crippen molar-refractivity contribution in [3.05, 3.63) is 29.3 Å². The molecule has 7 nitrogen and oxygen atoms in total. The SMILES string of the molecule is Cc1ccc(C)c(S(=O)(=O)N2CCN(C(=S)NCCN3CCOCC3)CC2)c1. The molecule has 0 spiro atoms. The first-order chi connectivity index (χ1) is 13.4. The highest BCUT2D eigenvalue weighted by Gasteiger charge is 2.30. The number of nitrogens with zero attached hydrogens (tertiary/aromatic N) is 3. The number of piperazine rings is 1.